The lowest BCUT2D eigenvalue weighted by Gasteiger charge is -2.19. The lowest BCUT2D eigenvalue weighted by Crippen LogP contribution is -2.16. The van der Waals surface area contributed by atoms with Crippen molar-refractivity contribution in [2.75, 3.05) is 0 Å². The highest BCUT2D eigenvalue weighted by Crippen LogP contribution is 2.24. The van der Waals surface area contributed by atoms with Gasteiger partial charge in [-0.05, 0) is 25.8 Å². The number of carbonyl (C=O) groups excluding carboxylic acids is 1. The molecule has 0 fully saturated rings. The number of rotatable bonds is 4. The van der Waals surface area contributed by atoms with E-state index < -0.39 is 0 Å². The predicted molar refractivity (Wildman–Crippen MR) is 69.9 cm³/mol. The molecule has 0 aliphatic heterocycles. The van der Waals surface area contributed by atoms with Crippen LogP contribution in [-0.2, 0) is 9.53 Å². The van der Waals surface area contributed by atoms with E-state index in [2.05, 4.69) is 32.0 Å². The van der Waals surface area contributed by atoms with Gasteiger partial charge in [0.05, 0.1) is 5.92 Å². The Morgan fingerprint density at radius 1 is 1.18 bits per heavy atom. The van der Waals surface area contributed by atoms with Gasteiger partial charge in [-0.1, -0.05) is 50.1 Å². The van der Waals surface area contributed by atoms with Crippen LogP contribution in [0.4, 0.5) is 0 Å². The predicted octanol–water partition coefficient (Wildman–Crippen LogP) is 3.95. The van der Waals surface area contributed by atoms with Gasteiger partial charge in [0.25, 0.3) is 0 Å². The van der Waals surface area contributed by atoms with Crippen LogP contribution in [0.15, 0.2) is 18.2 Å². The quantitative estimate of drug-likeness (QED) is 0.737. The van der Waals surface area contributed by atoms with Crippen molar-refractivity contribution in [3.8, 4) is 0 Å². The molecule has 17 heavy (non-hydrogen) atoms. The van der Waals surface area contributed by atoms with Gasteiger partial charge in [-0.15, -0.1) is 0 Å². The molecule has 0 saturated carbocycles. The molecule has 0 amide bonds. The highest BCUT2D eigenvalue weighted by atomic mass is 16.5. The molecule has 0 aromatic heterocycles. The van der Waals surface area contributed by atoms with E-state index >= 15 is 0 Å². The first-order valence-corrected chi connectivity index (χ1v) is 6.22. The van der Waals surface area contributed by atoms with Crippen LogP contribution < -0.4 is 0 Å². The number of benzene rings is 1. The van der Waals surface area contributed by atoms with Gasteiger partial charge in [0, 0.05) is 0 Å². The number of hydrogen-bond donors (Lipinski definition) is 0. The third-order valence-electron chi connectivity index (χ3n) is 2.72. The largest absolute Gasteiger partial charge is 0.457 e. The Hall–Kier alpha value is -1.31. The molecular weight excluding hydrogens is 212 g/mol. The molecular formula is C15H22O2. The summed E-state index contributed by atoms with van der Waals surface area (Å²) in [5, 5.41) is 0. The van der Waals surface area contributed by atoms with E-state index in [-0.39, 0.29) is 18.0 Å². The molecule has 2 heteroatoms. The minimum atomic E-state index is -0.129. The molecule has 0 heterocycles. The van der Waals surface area contributed by atoms with Crippen LogP contribution in [-0.4, -0.2) is 5.97 Å². The van der Waals surface area contributed by atoms with Crippen molar-refractivity contribution in [1.29, 1.82) is 0 Å². The van der Waals surface area contributed by atoms with E-state index in [0.29, 0.717) is 0 Å². The van der Waals surface area contributed by atoms with Crippen LogP contribution in [0.5, 0.6) is 0 Å². The zero-order chi connectivity index (χ0) is 13.0. The first-order chi connectivity index (χ1) is 7.93. The zero-order valence-electron chi connectivity index (χ0n) is 11.4. The number of aryl methyl sites for hydroxylation is 2. The standard InChI is InChI=1S/C15H22O2/c1-6-14(17-15(16)10(2)3)13-8-11(4)7-12(5)9-13/h7-10,14H,6H2,1-5H3. The van der Waals surface area contributed by atoms with E-state index in [0.717, 1.165) is 12.0 Å². The van der Waals surface area contributed by atoms with Gasteiger partial charge in [-0.3, -0.25) is 4.79 Å². The lowest BCUT2D eigenvalue weighted by atomic mass is 10.0. The van der Waals surface area contributed by atoms with Gasteiger partial charge in [-0.2, -0.15) is 0 Å². The van der Waals surface area contributed by atoms with E-state index in [9.17, 15) is 4.79 Å². The maximum Gasteiger partial charge on any atom is 0.308 e. The average molecular weight is 234 g/mol. The van der Waals surface area contributed by atoms with E-state index in [1.807, 2.05) is 20.8 Å². The molecule has 0 spiro atoms. The summed E-state index contributed by atoms with van der Waals surface area (Å²) in [6.07, 6.45) is 0.685. The van der Waals surface area contributed by atoms with Crippen LogP contribution in [0.3, 0.4) is 0 Å². The second kappa shape index (κ2) is 5.85. The van der Waals surface area contributed by atoms with Crippen LogP contribution in [0.1, 0.15) is 50.0 Å². The molecule has 0 N–H and O–H groups in total. The molecule has 94 valence electrons. The Kier molecular flexibility index (Phi) is 4.73. The van der Waals surface area contributed by atoms with Gasteiger partial charge >= 0.3 is 5.97 Å². The zero-order valence-corrected chi connectivity index (χ0v) is 11.4. The molecule has 1 aromatic carbocycles. The summed E-state index contributed by atoms with van der Waals surface area (Å²) < 4.78 is 5.52. The highest BCUT2D eigenvalue weighted by molar-refractivity contribution is 5.71. The van der Waals surface area contributed by atoms with Gasteiger partial charge in [0.2, 0.25) is 0 Å². The van der Waals surface area contributed by atoms with Crippen LogP contribution in [0, 0.1) is 19.8 Å². The van der Waals surface area contributed by atoms with Crippen molar-refractivity contribution < 1.29 is 9.53 Å². The summed E-state index contributed by atoms with van der Waals surface area (Å²) in [4.78, 5) is 11.6. The van der Waals surface area contributed by atoms with Crippen molar-refractivity contribution in [2.24, 2.45) is 5.92 Å². The Morgan fingerprint density at radius 2 is 1.71 bits per heavy atom. The molecule has 1 rings (SSSR count). The number of carbonyl (C=O) groups is 1. The van der Waals surface area contributed by atoms with Gasteiger partial charge in [0.1, 0.15) is 6.10 Å². The van der Waals surface area contributed by atoms with Crippen molar-refractivity contribution in [2.45, 2.75) is 47.1 Å². The second-order valence-corrected chi connectivity index (χ2v) is 4.91. The van der Waals surface area contributed by atoms with Crippen LogP contribution in [0.25, 0.3) is 0 Å². The van der Waals surface area contributed by atoms with Crippen LogP contribution in [0.2, 0.25) is 0 Å². The fourth-order valence-corrected chi connectivity index (χ4v) is 1.86. The molecule has 1 unspecified atom stereocenters. The monoisotopic (exact) mass is 234 g/mol. The minimum absolute atomic E-state index is 0.0741. The maximum atomic E-state index is 11.6. The molecule has 0 bridgehead atoms. The molecule has 1 aromatic rings. The van der Waals surface area contributed by atoms with Gasteiger partial charge in [0.15, 0.2) is 0 Å². The summed E-state index contributed by atoms with van der Waals surface area (Å²) in [6, 6.07) is 6.31. The third kappa shape index (κ3) is 3.88. The van der Waals surface area contributed by atoms with Gasteiger partial charge in [-0.25, -0.2) is 0 Å². The SMILES string of the molecule is CCC(OC(=O)C(C)C)c1cc(C)cc(C)c1. The number of esters is 1. The van der Waals surface area contributed by atoms with Crippen molar-refractivity contribution in [3.63, 3.8) is 0 Å². The number of hydrogen-bond acceptors (Lipinski definition) is 2. The first-order valence-electron chi connectivity index (χ1n) is 6.22. The van der Waals surface area contributed by atoms with Crippen molar-refractivity contribution >= 4 is 5.97 Å². The summed E-state index contributed by atoms with van der Waals surface area (Å²) >= 11 is 0. The van der Waals surface area contributed by atoms with Crippen molar-refractivity contribution in [1.82, 2.24) is 0 Å². The van der Waals surface area contributed by atoms with Crippen molar-refractivity contribution in [3.05, 3.63) is 34.9 Å². The topological polar surface area (TPSA) is 26.3 Å². The van der Waals surface area contributed by atoms with E-state index in [1.165, 1.54) is 11.1 Å². The summed E-state index contributed by atoms with van der Waals surface area (Å²) in [5.74, 6) is -0.203. The summed E-state index contributed by atoms with van der Waals surface area (Å²) in [7, 11) is 0. The Labute approximate surface area is 104 Å². The minimum Gasteiger partial charge on any atom is -0.457 e. The fourth-order valence-electron chi connectivity index (χ4n) is 1.86. The summed E-state index contributed by atoms with van der Waals surface area (Å²) in [5.41, 5.74) is 3.51. The highest BCUT2D eigenvalue weighted by Gasteiger charge is 2.17. The molecule has 0 aliphatic rings. The fraction of sp³-hybridized carbons (Fsp3) is 0.533. The van der Waals surface area contributed by atoms with E-state index in [1.54, 1.807) is 0 Å². The number of ether oxygens (including phenoxy) is 1. The smallest absolute Gasteiger partial charge is 0.308 e. The lowest BCUT2D eigenvalue weighted by molar-refractivity contribution is -0.153. The maximum absolute atomic E-state index is 11.6. The van der Waals surface area contributed by atoms with E-state index in [4.69, 9.17) is 4.74 Å². The average Bonchev–Trinajstić information content (AvgIpc) is 2.23. The molecule has 0 aliphatic carbocycles. The van der Waals surface area contributed by atoms with Gasteiger partial charge < -0.3 is 4.74 Å². The Morgan fingerprint density at radius 3 is 2.12 bits per heavy atom. The molecule has 2 nitrogen and oxygen atoms in total. The van der Waals surface area contributed by atoms with Crippen LogP contribution >= 0.6 is 0 Å². The molecule has 1 atom stereocenters. The third-order valence-corrected chi connectivity index (χ3v) is 2.72. The normalized spacial score (nSPS) is 12.6. The molecule has 0 radical (unpaired) electrons. The second-order valence-electron chi connectivity index (χ2n) is 4.91. The molecule has 0 saturated heterocycles. The summed E-state index contributed by atoms with van der Waals surface area (Å²) in [6.45, 7) is 9.88. The Balaban J connectivity index is 2.89. The Bertz CT molecular complexity index is 374. The first kappa shape index (κ1) is 13.8.